The Kier molecular flexibility index (Phi) is 3.27. The molecule has 0 fully saturated rings. The lowest BCUT2D eigenvalue weighted by Crippen LogP contribution is -2.26. The minimum atomic E-state index is 0.388. The molecular weight excluding hydrogens is 246 g/mol. The minimum Gasteiger partial charge on any atom is -0.494 e. The molecule has 2 heteroatoms. The number of benzene rings is 1. The molecule has 1 aromatic heterocycles. The molecule has 1 atom stereocenters. The zero-order valence-electron chi connectivity index (χ0n) is 13.0. The van der Waals surface area contributed by atoms with Crippen molar-refractivity contribution in [2.24, 2.45) is 11.3 Å². The molecule has 3 rings (SSSR count). The highest BCUT2D eigenvalue weighted by Gasteiger charge is 2.30. The summed E-state index contributed by atoms with van der Waals surface area (Å²) in [6.07, 6.45) is 3.66. The van der Waals surface area contributed by atoms with Crippen molar-refractivity contribution in [2.45, 2.75) is 47.0 Å². The first-order valence-electron chi connectivity index (χ1n) is 7.75. The van der Waals surface area contributed by atoms with E-state index in [1.165, 1.54) is 41.4 Å². The zero-order chi connectivity index (χ0) is 14.3. The van der Waals surface area contributed by atoms with Crippen LogP contribution >= 0.6 is 0 Å². The van der Waals surface area contributed by atoms with E-state index in [4.69, 9.17) is 4.74 Å². The van der Waals surface area contributed by atoms with Gasteiger partial charge >= 0.3 is 0 Å². The molecule has 1 aromatic carbocycles. The fourth-order valence-corrected chi connectivity index (χ4v) is 3.39. The maximum absolute atomic E-state index is 5.65. The minimum absolute atomic E-state index is 0.388. The highest BCUT2D eigenvalue weighted by atomic mass is 16.5. The van der Waals surface area contributed by atoms with Gasteiger partial charge in [-0.15, -0.1) is 0 Å². The number of aromatic amines is 1. The predicted molar refractivity (Wildman–Crippen MR) is 84.4 cm³/mol. The average Bonchev–Trinajstić information content (AvgIpc) is 2.75. The van der Waals surface area contributed by atoms with Gasteiger partial charge in [0.05, 0.1) is 6.61 Å². The Bertz CT molecular complexity index is 618. The molecular formula is C18H25NO. The summed E-state index contributed by atoms with van der Waals surface area (Å²) in [5.41, 5.74) is 4.61. The summed E-state index contributed by atoms with van der Waals surface area (Å²) in [5.74, 6) is 1.75. The van der Waals surface area contributed by atoms with E-state index in [0.29, 0.717) is 5.41 Å². The van der Waals surface area contributed by atoms with Gasteiger partial charge in [-0.05, 0) is 61.3 Å². The van der Waals surface area contributed by atoms with Gasteiger partial charge in [0.15, 0.2) is 0 Å². The number of aryl methyl sites for hydroxylation is 1. The predicted octanol–water partition coefficient (Wildman–Crippen LogP) is 4.72. The Morgan fingerprint density at radius 3 is 2.80 bits per heavy atom. The highest BCUT2D eigenvalue weighted by Crippen LogP contribution is 2.40. The standard InChI is InChI=1S/C18H25NO/c1-5-20-13-7-9-17-15(11-13)14-10-12(18(2,3)4)6-8-16(14)19-17/h7,9,11-12,19H,5-6,8,10H2,1-4H3. The number of nitrogens with one attached hydrogen (secondary N) is 1. The van der Waals surface area contributed by atoms with Crippen molar-refractivity contribution in [1.82, 2.24) is 4.98 Å². The van der Waals surface area contributed by atoms with E-state index in [2.05, 4.69) is 44.0 Å². The van der Waals surface area contributed by atoms with Crippen LogP contribution in [0.15, 0.2) is 18.2 Å². The lowest BCUT2D eigenvalue weighted by Gasteiger charge is -2.34. The van der Waals surface area contributed by atoms with E-state index < -0.39 is 0 Å². The Balaban J connectivity index is 2.02. The van der Waals surface area contributed by atoms with E-state index in [-0.39, 0.29) is 0 Å². The molecule has 0 aliphatic heterocycles. The molecule has 1 aliphatic carbocycles. The van der Waals surface area contributed by atoms with Gasteiger partial charge in [-0.1, -0.05) is 20.8 Å². The number of rotatable bonds is 2. The second-order valence-corrected chi connectivity index (χ2v) is 7.03. The van der Waals surface area contributed by atoms with Crippen LogP contribution in [-0.2, 0) is 12.8 Å². The number of hydrogen-bond acceptors (Lipinski definition) is 1. The third kappa shape index (κ3) is 2.32. The number of aromatic nitrogens is 1. The molecule has 0 spiro atoms. The van der Waals surface area contributed by atoms with Crippen molar-refractivity contribution < 1.29 is 4.74 Å². The number of hydrogen-bond donors (Lipinski definition) is 1. The molecule has 20 heavy (non-hydrogen) atoms. The Morgan fingerprint density at radius 2 is 2.10 bits per heavy atom. The van der Waals surface area contributed by atoms with Crippen molar-refractivity contribution in [2.75, 3.05) is 6.61 Å². The summed E-state index contributed by atoms with van der Waals surface area (Å²) in [7, 11) is 0. The van der Waals surface area contributed by atoms with Crippen LogP contribution in [0, 0.1) is 11.3 Å². The smallest absolute Gasteiger partial charge is 0.120 e. The van der Waals surface area contributed by atoms with Gasteiger partial charge in [0.2, 0.25) is 0 Å². The molecule has 0 amide bonds. The molecule has 0 bridgehead atoms. The number of fused-ring (bicyclic) bond motifs is 3. The number of ether oxygens (including phenoxy) is 1. The van der Waals surface area contributed by atoms with Crippen LogP contribution in [-0.4, -0.2) is 11.6 Å². The van der Waals surface area contributed by atoms with E-state index >= 15 is 0 Å². The molecule has 0 radical (unpaired) electrons. The van der Waals surface area contributed by atoms with Gasteiger partial charge in [0.1, 0.15) is 5.75 Å². The summed E-state index contributed by atoms with van der Waals surface area (Å²) >= 11 is 0. The SMILES string of the molecule is CCOc1ccc2[nH]c3c(c2c1)CC(C(C)(C)C)CC3. The van der Waals surface area contributed by atoms with Gasteiger partial charge in [-0.2, -0.15) is 0 Å². The fourth-order valence-electron chi connectivity index (χ4n) is 3.39. The van der Waals surface area contributed by atoms with Crippen molar-refractivity contribution >= 4 is 10.9 Å². The Hall–Kier alpha value is -1.44. The summed E-state index contributed by atoms with van der Waals surface area (Å²) < 4.78 is 5.65. The molecule has 0 saturated carbocycles. The fraction of sp³-hybridized carbons (Fsp3) is 0.556. The first-order valence-corrected chi connectivity index (χ1v) is 7.75. The van der Waals surface area contributed by atoms with E-state index in [0.717, 1.165) is 18.3 Å². The van der Waals surface area contributed by atoms with Gasteiger partial charge in [-0.25, -0.2) is 0 Å². The second kappa shape index (κ2) is 4.83. The van der Waals surface area contributed by atoms with Crippen LogP contribution < -0.4 is 4.74 Å². The van der Waals surface area contributed by atoms with Gasteiger partial charge < -0.3 is 9.72 Å². The molecule has 2 aromatic rings. The molecule has 108 valence electrons. The van der Waals surface area contributed by atoms with Crippen molar-refractivity contribution in [3.63, 3.8) is 0 Å². The quantitative estimate of drug-likeness (QED) is 0.840. The Labute approximate surface area is 121 Å². The van der Waals surface area contributed by atoms with Gasteiger partial charge in [0.25, 0.3) is 0 Å². The van der Waals surface area contributed by atoms with Gasteiger partial charge in [-0.3, -0.25) is 0 Å². The lowest BCUT2D eigenvalue weighted by atomic mass is 9.71. The van der Waals surface area contributed by atoms with Crippen molar-refractivity contribution in [1.29, 1.82) is 0 Å². The summed E-state index contributed by atoms with van der Waals surface area (Å²) in [6.45, 7) is 9.85. The van der Waals surface area contributed by atoms with Crippen LogP contribution in [0.5, 0.6) is 5.75 Å². The van der Waals surface area contributed by atoms with E-state index in [1.807, 2.05) is 6.92 Å². The molecule has 1 aliphatic rings. The monoisotopic (exact) mass is 271 g/mol. The summed E-state index contributed by atoms with van der Waals surface area (Å²) in [6, 6.07) is 6.43. The normalized spacial score (nSPS) is 19.1. The van der Waals surface area contributed by atoms with Gasteiger partial charge in [0, 0.05) is 16.6 Å². The topological polar surface area (TPSA) is 25.0 Å². The van der Waals surface area contributed by atoms with Crippen LogP contribution in [0.25, 0.3) is 10.9 Å². The molecule has 1 heterocycles. The Morgan fingerprint density at radius 1 is 1.30 bits per heavy atom. The maximum Gasteiger partial charge on any atom is 0.120 e. The summed E-state index contributed by atoms with van der Waals surface area (Å²) in [4.78, 5) is 3.60. The van der Waals surface area contributed by atoms with Crippen LogP contribution in [0.4, 0.5) is 0 Å². The average molecular weight is 271 g/mol. The third-order valence-corrected chi connectivity index (χ3v) is 4.70. The van der Waals surface area contributed by atoms with Crippen LogP contribution in [0.1, 0.15) is 45.4 Å². The molecule has 1 N–H and O–H groups in total. The lowest BCUT2D eigenvalue weighted by molar-refractivity contribution is 0.216. The molecule has 1 unspecified atom stereocenters. The van der Waals surface area contributed by atoms with E-state index in [9.17, 15) is 0 Å². The maximum atomic E-state index is 5.65. The van der Waals surface area contributed by atoms with Crippen LogP contribution in [0.3, 0.4) is 0 Å². The third-order valence-electron chi connectivity index (χ3n) is 4.70. The first kappa shape index (κ1) is 13.5. The van der Waals surface area contributed by atoms with Crippen LogP contribution in [0.2, 0.25) is 0 Å². The van der Waals surface area contributed by atoms with Crippen molar-refractivity contribution in [3.05, 3.63) is 29.5 Å². The second-order valence-electron chi connectivity index (χ2n) is 7.03. The van der Waals surface area contributed by atoms with E-state index in [1.54, 1.807) is 0 Å². The summed E-state index contributed by atoms with van der Waals surface area (Å²) in [5, 5.41) is 1.36. The van der Waals surface area contributed by atoms with Crippen molar-refractivity contribution in [3.8, 4) is 5.75 Å². The largest absolute Gasteiger partial charge is 0.494 e. The zero-order valence-corrected chi connectivity index (χ0v) is 13.0. The first-order chi connectivity index (χ1) is 9.49. The number of H-pyrrole nitrogens is 1. The molecule has 0 saturated heterocycles. The highest BCUT2D eigenvalue weighted by molar-refractivity contribution is 5.86. The molecule has 2 nitrogen and oxygen atoms in total.